The number of nitrogens with one attached hydrogen (secondary N) is 18. The van der Waals surface area contributed by atoms with Gasteiger partial charge in [-0.15, -0.1) is 0 Å². The van der Waals surface area contributed by atoms with Crippen LogP contribution in [-0.4, -0.2) is 229 Å². The zero-order valence-electron chi connectivity index (χ0n) is 66.7. The first-order chi connectivity index (χ1) is 58.7. The van der Waals surface area contributed by atoms with Gasteiger partial charge in [-0.05, 0) is 121 Å². The van der Waals surface area contributed by atoms with Crippen molar-refractivity contribution in [1.29, 1.82) is 10.8 Å². The number of unbranched alkanes of at least 4 members (excludes halogenated alkanes) is 2. The molecule has 25 N–H and O–H groups in total. The maximum atomic E-state index is 14.7. The Kier molecular flexibility index (Phi) is 35.9. The van der Waals surface area contributed by atoms with Crippen molar-refractivity contribution in [3.05, 3.63) is 150 Å². The maximum absolute atomic E-state index is 14.7. The zero-order chi connectivity index (χ0) is 89.1. The molecule has 8 rings (SSSR count). The summed E-state index contributed by atoms with van der Waals surface area (Å²) in [7, 11) is -4.63. The molecular weight excluding hydrogens is 1620 g/mol. The van der Waals surface area contributed by atoms with Crippen LogP contribution >= 0.6 is 0 Å². The first-order valence-electron chi connectivity index (χ1n) is 39.4. The second-order valence-electron chi connectivity index (χ2n) is 29.0. The summed E-state index contributed by atoms with van der Waals surface area (Å²) in [6.07, 6.45) is -0.882. The number of nitrogens with two attached hydrogens (primary N) is 2. The van der Waals surface area contributed by atoms with Crippen molar-refractivity contribution in [2.24, 2.45) is 16.6 Å². The molecule has 5 aromatic carbocycles. The predicted molar refractivity (Wildman–Crippen MR) is 445 cm³/mol. The molecule has 2 aliphatic rings. The summed E-state index contributed by atoms with van der Waals surface area (Å²) in [5.41, 5.74) is 14.5. The summed E-state index contributed by atoms with van der Waals surface area (Å²) < 4.78 is 33.6. The first-order valence-corrected chi connectivity index (χ1v) is 40.9. The number of aromatic nitrogens is 1. The minimum absolute atomic E-state index is 0.0224. The Morgan fingerprint density at radius 2 is 0.902 bits per heavy atom. The number of anilines is 1. The van der Waals surface area contributed by atoms with Crippen LogP contribution in [0.3, 0.4) is 0 Å². The van der Waals surface area contributed by atoms with Crippen molar-refractivity contribution in [2.45, 2.75) is 162 Å². The Bertz CT molecular complexity index is 5040. The topological polar surface area (TPSA) is 668 Å². The first kappa shape index (κ1) is 94.2. The van der Waals surface area contributed by atoms with E-state index < -0.39 is 190 Å². The molecule has 0 saturated carbocycles. The number of pyridine rings is 1. The minimum Gasteiger partial charge on any atom is -0.481 e. The molecule has 1 aromatic heterocycles. The van der Waals surface area contributed by atoms with Gasteiger partial charge in [-0.2, -0.15) is 13.5 Å². The highest BCUT2D eigenvalue weighted by atomic mass is 32.2. The molecule has 0 aliphatic carbocycles. The Balaban J connectivity index is 0.988. The molecule has 0 bridgehead atoms. The minimum atomic E-state index is -4.63. The summed E-state index contributed by atoms with van der Waals surface area (Å²) in [6, 6.07) is 19.4. The number of rotatable bonds is 36. The van der Waals surface area contributed by atoms with Crippen LogP contribution in [0.1, 0.15) is 117 Å². The molecule has 123 heavy (non-hydrogen) atoms. The number of guanidine groups is 2. The Morgan fingerprint density at radius 3 is 1.36 bits per heavy atom. The number of nitrogens with zero attached hydrogens (tertiary/aromatic N) is 2. The van der Waals surface area contributed by atoms with Gasteiger partial charge in [0, 0.05) is 57.2 Å². The van der Waals surface area contributed by atoms with Gasteiger partial charge in [-0.25, -0.2) is 4.98 Å². The highest BCUT2D eigenvalue weighted by Crippen LogP contribution is 2.21. The molecule has 0 radical (unpaired) electrons. The van der Waals surface area contributed by atoms with Gasteiger partial charge < -0.3 is 101 Å². The van der Waals surface area contributed by atoms with Crippen molar-refractivity contribution in [2.75, 3.05) is 44.7 Å². The molecule has 2 fully saturated rings. The second kappa shape index (κ2) is 46.9. The van der Waals surface area contributed by atoms with Crippen LogP contribution in [0.4, 0.5) is 5.82 Å². The molecule has 42 nitrogen and oxygen atoms in total. The molecular formula is C80H100N22O20S. The van der Waals surface area contributed by atoms with Crippen LogP contribution in [0.2, 0.25) is 0 Å². The third kappa shape index (κ3) is 31.4. The number of fused-ring (bicyclic) bond motifs is 2. The molecule has 1 unspecified atom stereocenters. The lowest BCUT2D eigenvalue weighted by Gasteiger charge is -2.26. The summed E-state index contributed by atoms with van der Waals surface area (Å²) in [4.78, 5) is 211. The van der Waals surface area contributed by atoms with Gasteiger partial charge in [0.2, 0.25) is 70.9 Å². The number of hydrogen-bond donors (Lipinski definition) is 23. The Hall–Kier alpha value is -14.3. The Labute approximate surface area is 704 Å². The second-order valence-corrected chi connectivity index (χ2v) is 30.4. The number of carbonyl (C=O) groups is 15. The highest BCUT2D eigenvalue weighted by molar-refractivity contribution is 7.86. The average molecular weight is 1720 g/mol. The number of carboxylic acids is 2. The lowest BCUT2D eigenvalue weighted by atomic mass is 10.00. The fraction of sp³-hybridized carbons (Fsp3) is 0.388. The van der Waals surface area contributed by atoms with Gasteiger partial charge in [0.25, 0.3) is 16.0 Å². The number of hydrazone groups is 1. The number of benzene rings is 5. The number of hydrogen-bond acceptors (Lipinski definition) is 22. The van der Waals surface area contributed by atoms with Crippen LogP contribution in [0.25, 0.3) is 21.5 Å². The molecule has 43 heteroatoms. The van der Waals surface area contributed by atoms with E-state index in [1.54, 1.807) is 48.5 Å². The van der Waals surface area contributed by atoms with E-state index in [4.69, 9.17) is 22.3 Å². The van der Waals surface area contributed by atoms with E-state index in [-0.39, 0.29) is 139 Å². The monoisotopic (exact) mass is 1720 g/mol. The van der Waals surface area contributed by atoms with Gasteiger partial charge >= 0.3 is 11.9 Å². The number of carbonyl (C=O) groups excluding carboxylic acids is 13. The lowest BCUT2D eigenvalue weighted by Crippen LogP contribution is -2.58. The van der Waals surface area contributed by atoms with Crippen molar-refractivity contribution in [3.8, 4) is 0 Å². The Morgan fingerprint density at radius 1 is 0.488 bits per heavy atom. The quantitative estimate of drug-likeness (QED) is 0.00643. The van der Waals surface area contributed by atoms with Crippen LogP contribution in [0.5, 0.6) is 0 Å². The van der Waals surface area contributed by atoms with Crippen molar-refractivity contribution in [3.63, 3.8) is 0 Å². The van der Waals surface area contributed by atoms with Crippen molar-refractivity contribution in [1.82, 2.24) is 84.7 Å². The molecule has 656 valence electrons. The molecule has 13 amide bonds. The third-order valence-electron chi connectivity index (χ3n) is 19.5. The number of carboxylic acid groups (broad SMARTS) is 2. The number of aliphatic carboxylic acids is 2. The van der Waals surface area contributed by atoms with Gasteiger partial charge in [0.05, 0.1) is 37.7 Å². The summed E-state index contributed by atoms with van der Waals surface area (Å²) in [5.74, 6) is -15.5. The normalized spacial score (nSPS) is 19.4. The molecule has 3 heterocycles. The fourth-order valence-corrected chi connectivity index (χ4v) is 13.9. The largest absolute Gasteiger partial charge is 0.481 e. The van der Waals surface area contributed by atoms with E-state index in [9.17, 15) is 95.1 Å². The van der Waals surface area contributed by atoms with E-state index in [1.165, 1.54) is 30.3 Å². The van der Waals surface area contributed by atoms with Crippen LogP contribution < -0.4 is 96.6 Å². The number of amides is 13. The summed E-state index contributed by atoms with van der Waals surface area (Å²) in [5, 5.41) is 80.4. The molecule has 2 saturated heterocycles. The van der Waals surface area contributed by atoms with Gasteiger partial charge in [0.1, 0.15) is 65.1 Å². The van der Waals surface area contributed by atoms with Crippen LogP contribution in [0, 0.1) is 10.8 Å². The standard InChI is InChI=1S/C80H100N22O20S/c81-79(82)87-33-11-20-53-71(112)90-43-65(104)93-60(39-67(106)107)77(118)100-58(37-45-23-25-47-13-1-3-15-49(47)35-45)75(116)98-55(73(114)96-53)18-7-9-31-85-64(103)30-28-57(95-69(110)52-27-29-63(89-41-52)102-92-42-51-17-5-6-22-62(51)123(120,121)122)70(111)86-32-10-8-19-56-74(115)97-54(21-12-34-88-80(83)84)72(113)91-44-66(105)94-61(40-68(108)109)78(119)101-59(76(117)99-56)38-46-24-26-48-14-2-4-16-50(48)36-46/h1-6,13-17,22-27,29,35-36,41-42,53-61H,7-12,18-21,28,30-34,37-40,43-44H2,(H,85,103)(H,86,111)(H,89,102)(H,90,112)(H,91,113)(H,93,104)(H,94,105)(H,95,110)(H,96,114)(H,97,115)(H,98,116)(H,99,117)(H,100,118)(H,101,119)(H,106,107)(H,108,109)(H4,81,82,87)(H4,83,84,88)(H,120,121,122)/t53-,54-,55-,56-,57?,58+,59+,60-,61-/m0/s1. The fourth-order valence-electron chi connectivity index (χ4n) is 13.2. The van der Waals surface area contributed by atoms with E-state index in [0.29, 0.717) is 11.1 Å². The lowest BCUT2D eigenvalue weighted by molar-refractivity contribution is -0.141. The van der Waals surface area contributed by atoms with Gasteiger partial charge in [0.15, 0.2) is 11.9 Å². The van der Waals surface area contributed by atoms with Crippen LogP contribution in [-0.2, 0) is 90.1 Å². The van der Waals surface area contributed by atoms with Crippen molar-refractivity contribution < 1.29 is 95.1 Å². The molecule has 6 aromatic rings. The smallest absolute Gasteiger partial charge is 0.305 e. The van der Waals surface area contributed by atoms with E-state index in [1.807, 2.05) is 36.4 Å². The van der Waals surface area contributed by atoms with Crippen LogP contribution in [0.15, 0.2) is 138 Å². The van der Waals surface area contributed by atoms with E-state index in [0.717, 1.165) is 40.0 Å². The highest BCUT2D eigenvalue weighted by Gasteiger charge is 2.37. The van der Waals surface area contributed by atoms with E-state index >= 15 is 0 Å². The predicted octanol–water partition coefficient (Wildman–Crippen LogP) is -2.37. The van der Waals surface area contributed by atoms with Gasteiger partial charge in [-0.1, -0.05) is 103 Å². The SMILES string of the molecule is N=C(N)NCCC[C@@H]1NC(=O)[C@H](CCCCNC(=O)CCC(NC(=O)c2ccc(NN=Cc3ccccc3S(=O)(=O)O)nc2)C(=O)NCCCC[C@@H]2NC(=O)[C@@H](Cc3ccc4ccccc4c3)NC(=O)[C@H](CC(=O)O)NC(=O)CNC(=O)[C@H](CCCNC(=N)N)NC2=O)NC(=O)[C@@H](Cc2ccc3ccccc3c2)NC(=O)[C@H](CC(=O)O)NC(=O)CNC1=O. The maximum Gasteiger partial charge on any atom is 0.305 e. The van der Waals surface area contributed by atoms with Gasteiger partial charge in [-0.3, -0.25) is 92.7 Å². The summed E-state index contributed by atoms with van der Waals surface area (Å²) in [6.45, 7) is -1.66. The van der Waals surface area contributed by atoms with E-state index in [2.05, 4.69) is 95.3 Å². The molecule has 0 spiro atoms. The molecule has 2 aliphatic heterocycles. The molecule has 9 atom stereocenters. The average Bonchev–Trinajstić information content (AvgIpc) is 0.938. The third-order valence-corrected chi connectivity index (χ3v) is 20.5. The summed E-state index contributed by atoms with van der Waals surface area (Å²) >= 11 is 0. The van der Waals surface area contributed by atoms with Crippen molar-refractivity contribution >= 4 is 144 Å². The zero-order valence-corrected chi connectivity index (χ0v) is 67.5.